The number of primary amides is 1. The van der Waals surface area contributed by atoms with Crippen LogP contribution < -0.4 is 5.73 Å². The quantitative estimate of drug-likeness (QED) is 0.853. The van der Waals surface area contributed by atoms with Crippen LogP contribution >= 0.6 is 11.3 Å². The van der Waals surface area contributed by atoms with E-state index in [1.807, 2.05) is 32.4 Å². The molecule has 2 heterocycles. The zero-order chi connectivity index (χ0) is 14.5. The summed E-state index contributed by atoms with van der Waals surface area (Å²) in [6, 6.07) is -0.632. The Balaban J connectivity index is 2.18. The Morgan fingerprint density at radius 3 is 2.85 bits per heavy atom. The fourth-order valence-electron chi connectivity index (χ4n) is 2.30. The molecule has 0 spiro atoms. The molecule has 1 aliphatic carbocycles. The zero-order valence-electron chi connectivity index (χ0n) is 11.7. The number of amidine groups is 1. The van der Waals surface area contributed by atoms with Gasteiger partial charge in [0.25, 0.3) is 0 Å². The lowest BCUT2D eigenvalue weighted by molar-refractivity contribution is -0.118. The molecular weight excluding hydrogens is 272 g/mol. The number of hydrogen-bond acceptors (Lipinski definition) is 5. The van der Waals surface area contributed by atoms with Crippen molar-refractivity contribution in [2.24, 2.45) is 21.1 Å². The summed E-state index contributed by atoms with van der Waals surface area (Å²) in [5.41, 5.74) is 9.75. The third-order valence-corrected chi connectivity index (χ3v) is 4.22. The molecule has 1 unspecified atom stereocenters. The summed E-state index contributed by atoms with van der Waals surface area (Å²) in [6.45, 7) is 6.08. The van der Waals surface area contributed by atoms with Gasteiger partial charge in [0.05, 0.1) is 21.8 Å². The van der Waals surface area contributed by atoms with Gasteiger partial charge in [-0.2, -0.15) is 0 Å². The van der Waals surface area contributed by atoms with Crippen LogP contribution in [0.25, 0.3) is 0 Å². The molecule has 0 saturated carbocycles. The van der Waals surface area contributed by atoms with Crippen molar-refractivity contribution in [2.75, 3.05) is 0 Å². The van der Waals surface area contributed by atoms with Gasteiger partial charge in [0.15, 0.2) is 6.04 Å². The average molecular weight is 288 g/mol. The molecule has 3 rings (SSSR count). The largest absolute Gasteiger partial charge is 0.368 e. The van der Waals surface area contributed by atoms with E-state index in [-0.39, 0.29) is 5.41 Å². The minimum absolute atomic E-state index is 0.228. The number of rotatable bonds is 1. The first kappa shape index (κ1) is 13.2. The molecule has 1 aromatic rings. The van der Waals surface area contributed by atoms with E-state index < -0.39 is 11.9 Å². The maximum absolute atomic E-state index is 11.7. The maximum Gasteiger partial charge on any atom is 0.246 e. The second-order valence-electron chi connectivity index (χ2n) is 5.96. The van der Waals surface area contributed by atoms with Gasteiger partial charge in [-0.3, -0.25) is 9.79 Å². The number of fused-ring (bicyclic) bond motifs is 3. The Kier molecular flexibility index (Phi) is 2.86. The number of amides is 1. The Morgan fingerprint density at radius 2 is 2.20 bits per heavy atom. The lowest BCUT2D eigenvalue weighted by Crippen LogP contribution is -2.39. The lowest BCUT2D eigenvalue weighted by Gasteiger charge is -2.28. The highest BCUT2D eigenvalue weighted by Gasteiger charge is 2.35. The number of nitrogens with two attached hydrogens (primary N) is 1. The first-order chi connectivity index (χ1) is 9.38. The van der Waals surface area contributed by atoms with Crippen LogP contribution in [0.3, 0.4) is 0 Å². The number of aliphatic imine (C=N–C) groups is 2. The van der Waals surface area contributed by atoms with E-state index in [4.69, 9.17) is 5.73 Å². The molecule has 1 atom stereocenters. The Labute approximate surface area is 121 Å². The van der Waals surface area contributed by atoms with Crippen LogP contribution in [0.2, 0.25) is 0 Å². The first-order valence-electron chi connectivity index (χ1n) is 6.47. The summed E-state index contributed by atoms with van der Waals surface area (Å²) in [4.78, 5) is 26.3. The van der Waals surface area contributed by atoms with Crippen molar-refractivity contribution in [2.45, 2.75) is 33.2 Å². The van der Waals surface area contributed by atoms with Gasteiger partial charge in [0, 0.05) is 17.4 Å². The summed E-state index contributed by atoms with van der Waals surface area (Å²) in [5.74, 6) is 0.230. The number of hydrogen-bond donors (Lipinski definition) is 1. The van der Waals surface area contributed by atoms with E-state index in [0.717, 1.165) is 21.9 Å². The van der Waals surface area contributed by atoms with Crippen molar-refractivity contribution in [3.05, 3.63) is 27.7 Å². The Bertz CT molecular complexity index is 676. The molecule has 0 fully saturated rings. The summed E-state index contributed by atoms with van der Waals surface area (Å²) in [6.07, 6.45) is 2.68. The minimum atomic E-state index is -0.632. The molecular formula is C14H16N4OS. The number of aromatic nitrogens is 1. The topological polar surface area (TPSA) is 80.7 Å². The van der Waals surface area contributed by atoms with Crippen LogP contribution in [-0.2, 0) is 11.2 Å². The molecule has 1 aromatic heterocycles. The summed E-state index contributed by atoms with van der Waals surface area (Å²) in [5, 5.41) is 0. The summed E-state index contributed by atoms with van der Waals surface area (Å²) in [7, 11) is 0. The average Bonchev–Trinajstić information content (AvgIpc) is 2.84. The second-order valence-corrected chi connectivity index (χ2v) is 6.81. The standard InChI is InChI=1S/C14H16N4OS/c1-14(2,3)13-17-9-7(10(18-13)12(15)19)4-5-8-11(9)20-6-16-8/h4,6,10H,5H2,1-3H3,(H2,15,19). The molecule has 5 nitrogen and oxygen atoms in total. The van der Waals surface area contributed by atoms with Gasteiger partial charge in [-0.15, -0.1) is 11.3 Å². The van der Waals surface area contributed by atoms with Gasteiger partial charge < -0.3 is 5.73 Å². The van der Waals surface area contributed by atoms with E-state index in [2.05, 4.69) is 15.0 Å². The Hall–Kier alpha value is -1.82. The Morgan fingerprint density at radius 1 is 1.45 bits per heavy atom. The van der Waals surface area contributed by atoms with Crippen molar-refractivity contribution < 1.29 is 4.79 Å². The highest BCUT2D eigenvalue weighted by Crippen LogP contribution is 2.32. The highest BCUT2D eigenvalue weighted by molar-refractivity contribution is 7.12. The van der Waals surface area contributed by atoms with Crippen molar-refractivity contribution in [1.82, 2.24) is 4.98 Å². The molecule has 20 heavy (non-hydrogen) atoms. The molecule has 2 aliphatic rings. The van der Waals surface area contributed by atoms with E-state index in [1.165, 1.54) is 0 Å². The van der Waals surface area contributed by atoms with Gasteiger partial charge in [-0.25, -0.2) is 9.98 Å². The normalized spacial score (nSPS) is 21.4. The second kappa shape index (κ2) is 4.34. The molecule has 1 amide bonds. The van der Waals surface area contributed by atoms with Crippen molar-refractivity contribution in [3.63, 3.8) is 0 Å². The van der Waals surface area contributed by atoms with Crippen LogP contribution in [0.5, 0.6) is 0 Å². The molecule has 0 bridgehead atoms. The smallest absolute Gasteiger partial charge is 0.246 e. The predicted octanol–water partition coefficient (Wildman–Crippen LogP) is 1.73. The minimum Gasteiger partial charge on any atom is -0.368 e. The van der Waals surface area contributed by atoms with Crippen molar-refractivity contribution in [1.29, 1.82) is 0 Å². The van der Waals surface area contributed by atoms with Crippen LogP contribution in [0.15, 0.2) is 27.1 Å². The molecule has 1 aliphatic heterocycles. The van der Waals surface area contributed by atoms with Crippen LogP contribution in [0, 0.1) is 5.41 Å². The van der Waals surface area contributed by atoms with Crippen molar-refractivity contribution in [3.8, 4) is 0 Å². The lowest BCUT2D eigenvalue weighted by atomic mass is 9.88. The monoisotopic (exact) mass is 288 g/mol. The molecule has 0 aromatic carbocycles. The van der Waals surface area contributed by atoms with Crippen LogP contribution in [0.1, 0.15) is 31.3 Å². The van der Waals surface area contributed by atoms with Gasteiger partial charge in [0.2, 0.25) is 5.91 Å². The molecule has 2 N–H and O–H groups in total. The third-order valence-electron chi connectivity index (χ3n) is 3.35. The molecule has 0 saturated heterocycles. The number of allylic oxidation sites excluding steroid dienone is 1. The summed E-state index contributed by atoms with van der Waals surface area (Å²) >= 11 is 1.55. The van der Waals surface area contributed by atoms with Gasteiger partial charge in [0.1, 0.15) is 5.84 Å². The SMILES string of the molecule is CC(C)(C)C1=NC(C(N)=O)C2=CCc3ncsc3C2=N1. The van der Waals surface area contributed by atoms with Gasteiger partial charge in [-0.05, 0) is 0 Å². The van der Waals surface area contributed by atoms with Crippen molar-refractivity contribution >= 4 is 28.8 Å². The highest BCUT2D eigenvalue weighted by atomic mass is 32.1. The van der Waals surface area contributed by atoms with Gasteiger partial charge >= 0.3 is 0 Å². The third kappa shape index (κ3) is 2.00. The van der Waals surface area contributed by atoms with E-state index in [0.29, 0.717) is 12.3 Å². The van der Waals surface area contributed by atoms with E-state index in [1.54, 1.807) is 11.3 Å². The van der Waals surface area contributed by atoms with Crippen LogP contribution in [0.4, 0.5) is 0 Å². The molecule has 0 radical (unpaired) electrons. The van der Waals surface area contributed by atoms with Crippen LogP contribution in [-0.4, -0.2) is 28.5 Å². The summed E-state index contributed by atoms with van der Waals surface area (Å²) < 4.78 is 0. The number of carbonyl (C=O) groups excluding carboxylic acids is 1. The maximum atomic E-state index is 11.7. The molecule has 6 heteroatoms. The number of carbonyl (C=O) groups is 1. The zero-order valence-corrected chi connectivity index (χ0v) is 12.5. The van der Waals surface area contributed by atoms with E-state index >= 15 is 0 Å². The molecule has 104 valence electrons. The fraction of sp³-hybridized carbons (Fsp3) is 0.429. The number of nitrogens with zero attached hydrogens (tertiary/aromatic N) is 3. The van der Waals surface area contributed by atoms with E-state index in [9.17, 15) is 4.79 Å². The van der Waals surface area contributed by atoms with Gasteiger partial charge in [-0.1, -0.05) is 26.8 Å². The fourth-order valence-corrected chi connectivity index (χ4v) is 3.14. The first-order valence-corrected chi connectivity index (χ1v) is 7.35. The predicted molar refractivity (Wildman–Crippen MR) is 80.3 cm³/mol. The number of thiazole rings is 1.